The van der Waals surface area contributed by atoms with E-state index >= 15 is 0 Å². The third-order valence-electron chi connectivity index (χ3n) is 4.39. The summed E-state index contributed by atoms with van der Waals surface area (Å²) in [7, 11) is 0. The van der Waals surface area contributed by atoms with Crippen molar-refractivity contribution in [3.8, 4) is 0 Å². The van der Waals surface area contributed by atoms with Crippen LogP contribution in [0.5, 0.6) is 0 Å². The van der Waals surface area contributed by atoms with E-state index in [0.717, 1.165) is 0 Å². The lowest BCUT2D eigenvalue weighted by Crippen LogP contribution is -2.37. The van der Waals surface area contributed by atoms with Crippen LogP contribution in [0.3, 0.4) is 0 Å². The van der Waals surface area contributed by atoms with Gasteiger partial charge in [-0.15, -0.1) is 0 Å². The number of carboxylic acids is 2. The first-order valence-corrected chi connectivity index (χ1v) is 8.00. The summed E-state index contributed by atoms with van der Waals surface area (Å²) in [6, 6.07) is 12.3. The Bertz CT molecular complexity index is 754. The van der Waals surface area contributed by atoms with Crippen LogP contribution in [-0.4, -0.2) is 34.7 Å². The molecule has 0 aliphatic carbocycles. The smallest absolute Gasteiger partial charge is 0.318 e. The minimum Gasteiger partial charge on any atom is -0.481 e. The van der Waals surface area contributed by atoms with Crippen LogP contribution in [0.2, 0.25) is 0 Å². The summed E-state index contributed by atoms with van der Waals surface area (Å²) in [5.74, 6) is -2.13. The molecule has 0 spiro atoms. The molecule has 2 aromatic carbocycles. The monoisotopic (exact) mass is 354 g/mol. The molecule has 0 radical (unpaired) electrons. The van der Waals surface area contributed by atoms with Crippen molar-refractivity contribution in [1.82, 2.24) is 0 Å². The Morgan fingerprint density at radius 2 is 1.23 bits per heavy atom. The number of carboxylic acid groups (broad SMARTS) is 2. The summed E-state index contributed by atoms with van der Waals surface area (Å²) in [4.78, 5) is 44.9. The molecule has 134 valence electrons. The molecule has 26 heavy (non-hydrogen) atoms. The van der Waals surface area contributed by atoms with Gasteiger partial charge in [0.15, 0.2) is 0 Å². The van der Waals surface area contributed by atoms with Gasteiger partial charge in [-0.05, 0) is 24.0 Å². The van der Waals surface area contributed by atoms with Gasteiger partial charge in [0.05, 0.1) is 0 Å². The fraction of sp³-hybridized carbons (Fsp3) is 0.200. The van der Waals surface area contributed by atoms with E-state index in [1.165, 1.54) is 24.3 Å². The summed E-state index contributed by atoms with van der Waals surface area (Å²) < 4.78 is 0. The summed E-state index contributed by atoms with van der Waals surface area (Å²) in [6.45, 7) is 0. The van der Waals surface area contributed by atoms with E-state index in [1.807, 2.05) is 0 Å². The molecule has 0 saturated heterocycles. The Morgan fingerprint density at radius 3 is 1.54 bits per heavy atom. The number of carbonyl (C=O) groups is 4. The van der Waals surface area contributed by atoms with Crippen LogP contribution in [-0.2, 0) is 15.0 Å². The highest BCUT2D eigenvalue weighted by atomic mass is 16.4. The maximum Gasteiger partial charge on any atom is 0.318 e. The Kier molecular flexibility index (Phi) is 6.01. The van der Waals surface area contributed by atoms with Crippen LogP contribution in [0.25, 0.3) is 0 Å². The van der Waals surface area contributed by atoms with Gasteiger partial charge in [-0.1, -0.05) is 48.5 Å². The van der Waals surface area contributed by atoms with Crippen LogP contribution in [0.4, 0.5) is 0 Å². The second kappa shape index (κ2) is 8.20. The second-order valence-electron chi connectivity index (χ2n) is 5.94. The summed E-state index contributed by atoms with van der Waals surface area (Å²) in [5.41, 5.74) is 0.239. The van der Waals surface area contributed by atoms with Gasteiger partial charge in [-0.3, -0.25) is 19.2 Å². The molecule has 0 saturated carbocycles. The standard InChI is InChI=1S/C20H18O6/c21-12-14-3-7-16(8-4-14)20(19(25)26,11-1-2-18(23)24)17-9-5-15(13-22)6-10-17/h3-10,12-13H,1-2,11H2,(H,23,24)(H,25,26). The quantitative estimate of drug-likeness (QED) is 0.670. The first kappa shape index (κ1) is 19.1. The van der Waals surface area contributed by atoms with Crippen LogP contribution in [0.1, 0.15) is 51.1 Å². The summed E-state index contributed by atoms with van der Waals surface area (Å²) >= 11 is 0. The van der Waals surface area contributed by atoms with Crippen LogP contribution < -0.4 is 0 Å². The van der Waals surface area contributed by atoms with E-state index in [-0.39, 0.29) is 19.3 Å². The van der Waals surface area contributed by atoms with Gasteiger partial charge < -0.3 is 10.2 Å². The fourth-order valence-corrected chi connectivity index (χ4v) is 3.01. The molecule has 0 fully saturated rings. The highest BCUT2D eigenvalue weighted by Gasteiger charge is 2.41. The zero-order chi connectivity index (χ0) is 19.2. The maximum atomic E-state index is 12.3. The molecule has 6 heteroatoms. The minimum absolute atomic E-state index is 0.0650. The van der Waals surface area contributed by atoms with E-state index in [9.17, 15) is 24.3 Å². The average molecular weight is 354 g/mol. The topological polar surface area (TPSA) is 109 Å². The van der Waals surface area contributed by atoms with E-state index < -0.39 is 17.4 Å². The molecule has 2 rings (SSSR count). The molecule has 0 heterocycles. The molecule has 0 unspecified atom stereocenters. The van der Waals surface area contributed by atoms with Crippen molar-refractivity contribution in [3.63, 3.8) is 0 Å². The number of aldehydes is 2. The van der Waals surface area contributed by atoms with Crippen molar-refractivity contribution < 1.29 is 29.4 Å². The van der Waals surface area contributed by atoms with E-state index in [2.05, 4.69) is 0 Å². The number of carbonyl (C=O) groups excluding carboxylic acids is 2. The predicted octanol–water partition coefficient (Wildman–Crippen LogP) is 2.94. The van der Waals surface area contributed by atoms with Gasteiger partial charge in [0.1, 0.15) is 18.0 Å². The Hall–Kier alpha value is -3.28. The lowest BCUT2D eigenvalue weighted by atomic mass is 9.71. The summed E-state index contributed by atoms with van der Waals surface area (Å²) in [5, 5.41) is 19.0. The molecule has 0 atom stereocenters. The Labute approximate surface area is 150 Å². The van der Waals surface area contributed by atoms with Crippen molar-refractivity contribution in [2.45, 2.75) is 24.7 Å². The number of hydrogen-bond donors (Lipinski definition) is 2. The van der Waals surface area contributed by atoms with Crippen molar-refractivity contribution >= 4 is 24.5 Å². The maximum absolute atomic E-state index is 12.3. The molecular formula is C20H18O6. The SMILES string of the molecule is O=Cc1ccc(C(CCCC(=O)O)(C(=O)O)c2ccc(C=O)cc2)cc1. The molecule has 0 bridgehead atoms. The molecule has 6 nitrogen and oxygen atoms in total. The lowest BCUT2D eigenvalue weighted by molar-refractivity contribution is -0.143. The molecule has 0 amide bonds. The van der Waals surface area contributed by atoms with Crippen LogP contribution in [0, 0.1) is 0 Å². The molecule has 0 aromatic heterocycles. The van der Waals surface area contributed by atoms with Crippen LogP contribution in [0.15, 0.2) is 48.5 Å². The first-order chi connectivity index (χ1) is 12.4. The lowest BCUT2D eigenvalue weighted by Gasteiger charge is -2.31. The third kappa shape index (κ3) is 3.85. The average Bonchev–Trinajstić information content (AvgIpc) is 2.65. The predicted molar refractivity (Wildman–Crippen MR) is 93.6 cm³/mol. The van der Waals surface area contributed by atoms with Gasteiger partial charge in [-0.25, -0.2) is 0 Å². The molecule has 2 aromatic rings. The van der Waals surface area contributed by atoms with Gasteiger partial charge in [0.2, 0.25) is 0 Å². The van der Waals surface area contributed by atoms with Gasteiger partial charge in [-0.2, -0.15) is 0 Å². The van der Waals surface area contributed by atoms with Gasteiger partial charge >= 0.3 is 11.9 Å². The van der Waals surface area contributed by atoms with Gasteiger partial charge in [0, 0.05) is 17.5 Å². The highest BCUT2D eigenvalue weighted by molar-refractivity contribution is 5.87. The summed E-state index contributed by atoms with van der Waals surface area (Å²) in [6.07, 6.45) is 1.39. The van der Waals surface area contributed by atoms with Crippen molar-refractivity contribution in [1.29, 1.82) is 0 Å². The third-order valence-corrected chi connectivity index (χ3v) is 4.39. The van der Waals surface area contributed by atoms with E-state index in [1.54, 1.807) is 24.3 Å². The minimum atomic E-state index is -1.47. The number of rotatable bonds is 9. The number of hydrogen-bond acceptors (Lipinski definition) is 4. The van der Waals surface area contributed by atoms with Crippen molar-refractivity contribution in [3.05, 3.63) is 70.8 Å². The largest absolute Gasteiger partial charge is 0.481 e. The molecule has 2 N–H and O–H groups in total. The Balaban J connectivity index is 2.58. The van der Waals surface area contributed by atoms with E-state index in [0.29, 0.717) is 34.8 Å². The number of benzene rings is 2. The first-order valence-electron chi connectivity index (χ1n) is 8.00. The van der Waals surface area contributed by atoms with Crippen LogP contribution >= 0.6 is 0 Å². The fourth-order valence-electron chi connectivity index (χ4n) is 3.01. The highest BCUT2D eigenvalue weighted by Crippen LogP contribution is 2.38. The van der Waals surface area contributed by atoms with E-state index in [4.69, 9.17) is 5.11 Å². The Morgan fingerprint density at radius 1 is 0.808 bits per heavy atom. The number of aliphatic carboxylic acids is 2. The molecular weight excluding hydrogens is 336 g/mol. The molecule has 0 aliphatic heterocycles. The zero-order valence-electron chi connectivity index (χ0n) is 13.9. The normalized spacial score (nSPS) is 10.9. The molecule has 0 aliphatic rings. The van der Waals surface area contributed by atoms with Gasteiger partial charge in [0.25, 0.3) is 0 Å². The van der Waals surface area contributed by atoms with Crippen molar-refractivity contribution in [2.24, 2.45) is 0 Å². The second-order valence-corrected chi connectivity index (χ2v) is 5.94. The zero-order valence-corrected chi connectivity index (χ0v) is 13.9. The van der Waals surface area contributed by atoms with Crippen molar-refractivity contribution in [2.75, 3.05) is 0 Å².